The maximum absolute atomic E-state index is 14.4. The Kier molecular flexibility index (Phi) is 8.78. The third-order valence-corrected chi connectivity index (χ3v) is 9.74. The molecule has 2 atom stereocenters. The van der Waals surface area contributed by atoms with Gasteiger partial charge in [0.25, 0.3) is 5.91 Å². The van der Waals surface area contributed by atoms with E-state index in [1.807, 2.05) is 41.3 Å². The smallest absolute Gasteiger partial charge is 0.252 e. The van der Waals surface area contributed by atoms with Gasteiger partial charge in [-0.3, -0.25) is 4.79 Å². The second-order valence-electron chi connectivity index (χ2n) is 11.8. The third-order valence-electron chi connectivity index (χ3n) is 8.59. The minimum atomic E-state index is -0.906. The van der Waals surface area contributed by atoms with Crippen molar-refractivity contribution < 1.29 is 22.8 Å². The normalized spacial score (nSPS) is 19.3. The lowest BCUT2D eigenvalue weighted by molar-refractivity contribution is -0.128. The highest BCUT2D eigenvalue weighted by Crippen LogP contribution is 2.38. The molecular weight excluding hydrogens is 657 g/mol. The number of halogens is 5. The molecule has 7 nitrogen and oxygen atoms in total. The average Bonchev–Trinajstić information content (AvgIpc) is 3.80. The summed E-state index contributed by atoms with van der Waals surface area (Å²) in [6.45, 7) is 1.84. The van der Waals surface area contributed by atoms with Gasteiger partial charge in [0, 0.05) is 43.4 Å². The monoisotopic (exact) mass is 684 g/mol. The van der Waals surface area contributed by atoms with E-state index in [0.717, 1.165) is 53.8 Å². The van der Waals surface area contributed by atoms with Crippen LogP contribution in [0.1, 0.15) is 36.1 Å². The lowest BCUT2D eigenvalue weighted by Crippen LogP contribution is -2.60. The van der Waals surface area contributed by atoms with Crippen LogP contribution in [-0.2, 0) is 17.9 Å². The van der Waals surface area contributed by atoms with Gasteiger partial charge in [0.2, 0.25) is 0 Å². The van der Waals surface area contributed by atoms with Gasteiger partial charge < -0.3 is 24.8 Å². The highest BCUT2D eigenvalue weighted by Gasteiger charge is 2.41. The van der Waals surface area contributed by atoms with Gasteiger partial charge in [-0.25, -0.2) is 8.78 Å². The predicted octanol–water partition coefficient (Wildman–Crippen LogP) is 7.44. The lowest BCUT2D eigenvalue weighted by atomic mass is 9.83. The summed E-state index contributed by atoms with van der Waals surface area (Å²) in [5.41, 5.74) is 3.17. The molecule has 1 amide bonds. The first-order valence-corrected chi connectivity index (χ1v) is 16.2. The van der Waals surface area contributed by atoms with Crippen molar-refractivity contribution in [3.8, 4) is 17.0 Å². The molecule has 7 rings (SSSR count). The van der Waals surface area contributed by atoms with Crippen molar-refractivity contribution in [2.75, 3.05) is 13.1 Å². The molecule has 1 saturated carbocycles. The topological polar surface area (TPSA) is 79.6 Å². The molecule has 1 aromatic heterocycles. The summed E-state index contributed by atoms with van der Waals surface area (Å²) in [4.78, 5) is 16.3. The van der Waals surface area contributed by atoms with E-state index in [1.54, 1.807) is 6.07 Å². The molecule has 2 fully saturated rings. The molecule has 3 aromatic carbocycles. The molecule has 0 radical (unpaired) electrons. The van der Waals surface area contributed by atoms with Gasteiger partial charge in [-0.15, -0.1) is 0 Å². The van der Waals surface area contributed by atoms with Crippen LogP contribution in [0.3, 0.4) is 0 Å². The summed E-state index contributed by atoms with van der Waals surface area (Å²) in [6.07, 6.45) is 2.60. The first kappa shape index (κ1) is 31.1. The zero-order valence-electron chi connectivity index (χ0n) is 24.5. The number of hydrogen-bond donors (Lipinski definition) is 2. The molecule has 3 aliphatic rings. The van der Waals surface area contributed by atoms with Crippen LogP contribution in [0.5, 0.6) is 5.75 Å². The van der Waals surface area contributed by atoms with E-state index >= 15 is 0 Å². The van der Waals surface area contributed by atoms with Crippen LogP contribution < -0.4 is 15.4 Å². The van der Waals surface area contributed by atoms with Crippen molar-refractivity contribution in [1.82, 2.24) is 20.7 Å². The van der Waals surface area contributed by atoms with E-state index in [1.165, 1.54) is 6.07 Å². The second kappa shape index (κ2) is 13.0. The molecule has 46 heavy (non-hydrogen) atoms. The summed E-state index contributed by atoms with van der Waals surface area (Å²) in [5.74, 6) is -0.858. The third kappa shape index (κ3) is 6.27. The minimum absolute atomic E-state index is 0.00205. The highest BCUT2D eigenvalue weighted by molar-refractivity contribution is 6.42. The molecule has 2 N–H and O–H groups in total. The molecule has 2 bridgehead atoms. The molecule has 238 valence electrons. The van der Waals surface area contributed by atoms with Gasteiger partial charge >= 0.3 is 0 Å². The molecule has 2 aliphatic heterocycles. The summed E-state index contributed by atoms with van der Waals surface area (Å²) >= 11 is 18.6. The highest BCUT2D eigenvalue weighted by atomic mass is 35.5. The van der Waals surface area contributed by atoms with E-state index in [4.69, 9.17) is 44.1 Å². The fourth-order valence-corrected chi connectivity index (χ4v) is 6.71. The summed E-state index contributed by atoms with van der Waals surface area (Å²) < 4.78 is 39.9. The van der Waals surface area contributed by atoms with Crippen molar-refractivity contribution in [3.63, 3.8) is 0 Å². The van der Waals surface area contributed by atoms with Crippen molar-refractivity contribution in [2.24, 2.45) is 0 Å². The van der Waals surface area contributed by atoms with Crippen LogP contribution in [0.2, 0.25) is 15.1 Å². The van der Waals surface area contributed by atoms with Crippen LogP contribution in [0.25, 0.3) is 16.8 Å². The zero-order valence-corrected chi connectivity index (χ0v) is 26.7. The van der Waals surface area contributed by atoms with Gasteiger partial charge in [0.05, 0.1) is 26.7 Å². The number of piperazine rings is 1. The van der Waals surface area contributed by atoms with Gasteiger partial charge in [0.15, 0.2) is 11.6 Å². The maximum Gasteiger partial charge on any atom is 0.252 e. The first-order valence-electron chi connectivity index (χ1n) is 15.0. The minimum Gasteiger partial charge on any atom is -0.486 e. The summed E-state index contributed by atoms with van der Waals surface area (Å²) in [6, 6.07) is 16.9. The van der Waals surface area contributed by atoms with E-state index in [9.17, 15) is 13.6 Å². The van der Waals surface area contributed by atoms with Crippen molar-refractivity contribution in [3.05, 3.63) is 110 Å². The van der Waals surface area contributed by atoms with Gasteiger partial charge in [0.1, 0.15) is 23.9 Å². The van der Waals surface area contributed by atoms with Crippen LogP contribution in [0, 0.1) is 11.6 Å². The lowest BCUT2D eigenvalue weighted by Gasteiger charge is -2.41. The molecule has 1 saturated heterocycles. The Hall–Kier alpha value is -3.47. The fraction of sp³-hybridized carbons (Fsp3) is 0.294. The molecule has 3 heterocycles. The molecule has 2 unspecified atom stereocenters. The largest absolute Gasteiger partial charge is 0.486 e. The zero-order chi connectivity index (χ0) is 31.9. The number of carbonyl (C=O) groups is 1. The fourth-order valence-electron chi connectivity index (χ4n) is 6.17. The quantitative estimate of drug-likeness (QED) is 0.179. The summed E-state index contributed by atoms with van der Waals surface area (Å²) in [5, 5.41) is 11.6. The van der Waals surface area contributed by atoms with Crippen LogP contribution in [-0.4, -0.2) is 47.2 Å². The second-order valence-corrected chi connectivity index (χ2v) is 13.0. The Labute approximate surface area is 279 Å². The Morgan fingerprint density at radius 3 is 2.61 bits per heavy atom. The number of ether oxygens (including phenoxy) is 1. The maximum atomic E-state index is 14.4. The van der Waals surface area contributed by atoms with Gasteiger partial charge in [-0.1, -0.05) is 64.2 Å². The molecular formula is C34H29Cl3F2N4O3. The van der Waals surface area contributed by atoms with Crippen LogP contribution >= 0.6 is 34.8 Å². The number of aromatic nitrogens is 1. The number of hydrogen-bond acceptors (Lipinski definition) is 6. The van der Waals surface area contributed by atoms with Gasteiger partial charge in [-0.2, -0.15) is 0 Å². The van der Waals surface area contributed by atoms with E-state index in [2.05, 4.69) is 15.8 Å². The van der Waals surface area contributed by atoms with Crippen molar-refractivity contribution >= 4 is 46.3 Å². The standard InChI is InChI=1S/C34H29Cl3F2N4O3/c35-25-3-1-2-19(32(25)37)16-43(21-6-7-21)34(44)30-24(12-20-14-40-15-29(30)41-20)18-4-8-22(9-5-18)45-17-23-13-28(42-46-23)31-27(38)11-10-26(36)33(31)39/h1-5,8-11,13,20-21,29,40-41H,6-7,12,14-17H2. The number of carbonyl (C=O) groups excluding carboxylic acids is 1. The van der Waals surface area contributed by atoms with Crippen LogP contribution in [0.4, 0.5) is 8.78 Å². The number of benzene rings is 3. The van der Waals surface area contributed by atoms with E-state index in [0.29, 0.717) is 35.3 Å². The number of nitrogens with one attached hydrogen (secondary N) is 2. The van der Waals surface area contributed by atoms with Crippen molar-refractivity contribution in [2.45, 2.75) is 50.5 Å². The Balaban J connectivity index is 1.12. The SMILES string of the molecule is O=C(C1=C(c2ccc(OCc3cc(-c4c(F)ccc(Cl)c4F)no3)cc2)CC2CNCC1N2)N(Cc1cccc(Cl)c1Cl)C1CC1. The number of rotatable bonds is 9. The van der Waals surface area contributed by atoms with E-state index < -0.39 is 11.6 Å². The Bertz CT molecular complexity index is 1830. The summed E-state index contributed by atoms with van der Waals surface area (Å²) in [7, 11) is 0. The van der Waals surface area contributed by atoms with E-state index in [-0.39, 0.29) is 52.7 Å². The average molecular weight is 686 g/mol. The molecule has 1 aliphatic carbocycles. The van der Waals surface area contributed by atoms with Gasteiger partial charge in [-0.05, 0) is 66.3 Å². The molecule has 12 heteroatoms. The Morgan fingerprint density at radius 1 is 1.02 bits per heavy atom. The van der Waals surface area contributed by atoms with Crippen LogP contribution in [0.15, 0.2) is 70.8 Å². The predicted molar refractivity (Wildman–Crippen MR) is 173 cm³/mol. The van der Waals surface area contributed by atoms with Crippen molar-refractivity contribution in [1.29, 1.82) is 0 Å². The molecule has 4 aromatic rings. The molecule has 0 spiro atoms. The number of nitrogens with zero attached hydrogens (tertiary/aromatic N) is 2. The number of fused-ring (bicyclic) bond motifs is 2. The first-order chi connectivity index (χ1) is 22.3. The Morgan fingerprint density at radius 2 is 1.83 bits per heavy atom. The number of amides is 1.